The van der Waals surface area contributed by atoms with E-state index in [0.717, 1.165) is 10.6 Å². The van der Waals surface area contributed by atoms with Crippen molar-refractivity contribution >= 4 is 41.5 Å². The maximum absolute atomic E-state index is 15.0. The minimum atomic E-state index is -3.50. The SMILES string of the molecule is CC(C(N)=O)P(=NP(=O)(c1ccccc1)c1ccccc1)(c1ccccc1)c1ccccc1. The van der Waals surface area contributed by atoms with Gasteiger partial charge >= 0.3 is 0 Å². The molecule has 4 rings (SSSR count). The van der Waals surface area contributed by atoms with E-state index in [1.165, 1.54) is 0 Å². The molecule has 1 unspecified atom stereocenters. The van der Waals surface area contributed by atoms with Crippen molar-refractivity contribution in [3.63, 3.8) is 0 Å². The monoisotopic (exact) mass is 472 g/mol. The average Bonchev–Trinajstić information content (AvgIpc) is 2.89. The maximum atomic E-state index is 15.0. The summed E-state index contributed by atoms with van der Waals surface area (Å²) < 4.78 is 20.3. The van der Waals surface area contributed by atoms with Crippen LogP contribution >= 0.6 is 14.3 Å². The Labute approximate surface area is 195 Å². The predicted octanol–water partition coefficient (Wildman–Crippen LogP) is 4.64. The Morgan fingerprint density at radius 2 is 0.939 bits per heavy atom. The number of carbonyl (C=O) groups excluding carboxylic acids is 1. The molecule has 2 N–H and O–H groups in total. The van der Waals surface area contributed by atoms with Gasteiger partial charge in [0.2, 0.25) is 13.2 Å². The number of rotatable bonds is 7. The summed E-state index contributed by atoms with van der Waals surface area (Å²) in [5.74, 6) is -0.465. The molecular formula is C27H26N2O2P2. The summed E-state index contributed by atoms with van der Waals surface area (Å²) in [6, 6.07) is 38.0. The van der Waals surface area contributed by atoms with E-state index in [-0.39, 0.29) is 0 Å². The van der Waals surface area contributed by atoms with Crippen molar-refractivity contribution in [1.82, 2.24) is 0 Å². The Bertz CT molecular complexity index is 1240. The molecule has 6 heteroatoms. The normalized spacial score (nSPS) is 12.6. The minimum Gasteiger partial charge on any atom is -0.369 e. The number of nitrogens with two attached hydrogens (primary N) is 1. The quantitative estimate of drug-likeness (QED) is 0.398. The zero-order chi connectivity index (χ0) is 23.3. The number of primary amides is 1. The van der Waals surface area contributed by atoms with Crippen LogP contribution in [0.5, 0.6) is 0 Å². The summed E-state index contributed by atoms with van der Waals surface area (Å²) in [6.45, 7) is 1.81. The van der Waals surface area contributed by atoms with Gasteiger partial charge in [-0.15, -0.1) is 0 Å². The van der Waals surface area contributed by atoms with Crippen LogP contribution in [-0.4, -0.2) is 11.6 Å². The first kappa shape index (κ1) is 23.0. The largest absolute Gasteiger partial charge is 0.369 e. The number of nitrogens with zero attached hydrogens (tertiary/aromatic N) is 1. The van der Waals surface area contributed by atoms with E-state index in [1.807, 2.05) is 121 Å². The van der Waals surface area contributed by atoms with E-state index in [9.17, 15) is 4.79 Å². The van der Waals surface area contributed by atoms with E-state index in [0.29, 0.717) is 10.6 Å². The number of amides is 1. The number of benzene rings is 4. The van der Waals surface area contributed by atoms with Crippen LogP contribution in [0, 0.1) is 0 Å². The van der Waals surface area contributed by atoms with Crippen LogP contribution in [0.25, 0.3) is 0 Å². The molecule has 0 saturated carbocycles. The minimum absolute atomic E-state index is 0.465. The molecule has 0 bridgehead atoms. The van der Waals surface area contributed by atoms with Gasteiger partial charge < -0.3 is 5.73 Å². The Morgan fingerprint density at radius 1 is 0.636 bits per heavy atom. The average molecular weight is 472 g/mol. The lowest BCUT2D eigenvalue weighted by molar-refractivity contribution is -0.117. The molecule has 1 atom stereocenters. The summed E-state index contributed by atoms with van der Waals surface area (Å²) in [7, 11) is -6.42. The van der Waals surface area contributed by atoms with Crippen LogP contribution in [0.4, 0.5) is 0 Å². The smallest absolute Gasteiger partial charge is 0.246 e. The van der Waals surface area contributed by atoms with Gasteiger partial charge in [-0.05, 0) is 41.8 Å². The molecule has 0 aromatic heterocycles. The van der Waals surface area contributed by atoms with Gasteiger partial charge in [0.15, 0.2) is 0 Å². The van der Waals surface area contributed by atoms with Crippen LogP contribution in [0.3, 0.4) is 0 Å². The van der Waals surface area contributed by atoms with Crippen molar-refractivity contribution in [3.05, 3.63) is 121 Å². The fraction of sp³-hybridized carbons (Fsp3) is 0.0741. The standard InChI is InChI=1S/C27H26N2O2P2/c1-22(27(28)30)32(23-14-6-2-7-15-23,24-16-8-3-9-17-24)29-33(31,25-18-10-4-11-19-25)26-20-12-5-13-21-26/h2-22H,1H3,(H2,28,30). The summed E-state index contributed by atoms with van der Waals surface area (Å²) in [5, 5.41) is 3.00. The van der Waals surface area contributed by atoms with Gasteiger partial charge in [0.25, 0.3) is 0 Å². The van der Waals surface area contributed by atoms with Gasteiger partial charge in [-0.3, -0.25) is 9.36 Å². The molecule has 0 radical (unpaired) electrons. The van der Waals surface area contributed by atoms with Crippen LogP contribution in [-0.2, 0) is 9.36 Å². The molecule has 0 aliphatic rings. The Morgan fingerprint density at radius 3 is 1.24 bits per heavy atom. The lowest BCUT2D eigenvalue weighted by atomic mass is 10.4. The molecular weight excluding hydrogens is 446 g/mol. The lowest BCUT2D eigenvalue weighted by Gasteiger charge is -2.32. The highest BCUT2D eigenvalue weighted by atomic mass is 31.2. The van der Waals surface area contributed by atoms with Crippen molar-refractivity contribution in [2.24, 2.45) is 10.2 Å². The lowest BCUT2D eigenvalue weighted by Crippen LogP contribution is -2.34. The molecule has 1 amide bonds. The molecule has 0 spiro atoms. The third kappa shape index (κ3) is 4.37. The zero-order valence-corrected chi connectivity index (χ0v) is 20.1. The summed E-state index contributed by atoms with van der Waals surface area (Å²) in [6.07, 6.45) is 0. The van der Waals surface area contributed by atoms with E-state index in [2.05, 4.69) is 0 Å². The highest BCUT2D eigenvalue weighted by Gasteiger charge is 2.39. The first-order valence-electron chi connectivity index (χ1n) is 10.7. The van der Waals surface area contributed by atoms with Gasteiger partial charge in [0.05, 0.1) is 5.66 Å². The summed E-state index contributed by atoms with van der Waals surface area (Å²) in [5.41, 5.74) is 5.28. The molecule has 0 aliphatic heterocycles. The van der Waals surface area contributed by atoms with Gasteiger partial charge in [-0.25, -0.2) is 4.52 Å². The van der Waals surface area contributed by atoms with Crippen molar-refractivity contribution in [2.75, 3.05) is 0 Å². The molecule has 33 heavy (non-hydrogen) atoms. The first-order chi connectivity index (χ1) is 16.0. The van der Waals surface area contributed by atoms with Crippen LogP contribution in [0.2, 0.25) is 0 Å². The van der Waals surface area contributed by atoms with Crippen LogP contribution in [0.15, 0.2) is 126 Å². The second kappa shape index (κ2) is 9.75. The van der Waals surface area contributed by atoms with E-state index < -0.39 is 25.9 Å². The number of hydrogen-bond donors (Lipinski definition) is 1. The van der Waals surface area contributed by atoms with Crippen molar-refractivity contribution in [1.29, 1.82) is 0 Å². The molecule has 4 aromatic rings. The van der Waals surface area contributed by atoms with E-state index in [1.54, 1.807) is 6.92 Å². The highest BCUT2D eigenvalue weighted by molar-refractivity contribution is 7.90. The summed E-state index contributed by atoms with van der Waals surface area (Å²) in [4.78, 5) is 12.8. The second-order valence-corrected chi connectivity index (χ2v) is 13.9. The summed E-state index contributed by atoms with van der Waals surface area (Å²) >= 11 is 0. The van der Waals surface area contributed by atoms with Crippen LogP contribution in [0.1, 0.15) is 6.92 Å². The molecule has 0 fully saturated rings. The predicted molar refractivity (Wildman–Crippen MR) is 140 cm³/mol. The van der Waals surface area contributed by atoms with Gasteiger partial charge in [-0.1, -0.05) is 97.1 Å². The Hall–Kier alpha value is -3.19. The Kier molecular flexibility index (Phi) is 6.79. The first-order valence-corrected chi connectivity index (χ1v) is 14.2. The topological polar surface area (TPSA) is 72.5 Å². The molecule has 4 aromatic carbocycles. The maximum Gasteiger partial charge on any atom is 0.246 e. The number of hydrogen-bond acceptors (Lipinski definition) is 2. The molecule has 0 heterocycles. The van der Waals surface area contributed by atoms with Gasteiger partial charge in [0.1, 0.15) is 0 Å². The molecule has 4 nitrogen and oxygen atoms in total. The molecule has 0 saturated heterocycles. The van der Waals surface area contributed by atoms with Crippen molar-refractivity contribution < 1.29 is 9.36 Å². The van der Waals surface area contributed by atoms with Crippen molar-refractivity contribution in [2.45, 2.75) is 12.6 Å². The second-order valence-electron chi connectivity index (χ2n) is 7.77. The molecule has 0 aliphatic carbocycles. The zero-order valence-electron chi connectivity index (χ0n) is 18.4. The van der Waals surface area contributed by atoms with Crippen molar-refractivity contribution in [3.8, 4) is 0 Å². The molecule has 166 valence electrons. The highest BCUT2D eigenvalue weighted by Crippen LogP contribution is 2.62. The van der Waals surface area contributed by atoms with Gasteiger partial charge in [-0.2, -0.15) is 0 Å². The van der Waals surface area contributed by atoms with Crippen LogP contribution < -0.4 is 27.0 Å². The number of carbonyl (C=O) groups is 1. The third-order valence-corrected chi connectivity index (χ3v) is 13.4. The Balaban J connectivity index is 2.19. The van der Waals surface area contributed by atoms with Gasteiger partial charge in [0, 0.05) is 17.7 Å². The third-order valence-electron chi connectivity index (χ3n) is 5.75. The van der Waals surface area contributed by atoms with E-state index in [4.69, 9.17) is 10.2 Å². The van der Waals surface area contributed by atoms with E-state index >= 15 is 4.57 Å². The fourth-order valence-electron chi connectivity index (χ4n) is 3.98. The fourth-order valence-corrected chi connectivity index (χ4v) is 12.1.